The van der Waals surface area contributed by atoms with Crippen LogP contribution in [0.5, 0.6) is 5.75 Å². The topological polar surface area (TPSA) is 45.9 Å². The highest BCUT2D eigenvalue weighted by Crippen LogP contribution is 2.25. The second kappa shape index (κ2) is 5.85. The van der Waals surface area contributed by atoms with Crippen LogP contribution in [0.4, 0.5) is 0 Å². The normalized spacial score (nSPS) is 10.2. The maximum atomic E-state index is 8.63. The molecule has 0 aliphatic heterocycles. The van der Waals surface area contributed by atoms with E-state index in [1.54, 1.807) is 6.20 Å². The summed E-state index contributed by atoms with van der Waals surface area (Å²) in [4.78, 5) is 5.25. The molecule has 19 heavy (non-hydrogen) atoms. The van der Waals surface area contributed by atoms with Crippen molar-refractivity contribution in [3.05, 3.63) is 44.9 Å². The molecule has 2 aromatic rings. The van der Waals surface area contributed by atoms with Crippen LogP contribution in [-0.2, 0) is 13.0 Å². The molecule has 3 nitrogen and oxygen atoms in total. The van der Waals surface area contributed by atoms with Crippen LogP contribution in [0.25, 0.3) is 0 Å². The van der Waals surface area contributed by atoms with E-state index in [1.807, 2.05) is 6.07 Å². The van der Waals surface area contributed by atoms with Gasteiger partial charge in [-0.3, -0.25) is 0 Å². The quantitative estimate of drug-likeness (QED) is 0.852. The monoisotopic (exact) mass is 272 g/mol. The first-order valence-electron chi connectivity index (χ1n) is 6.11. The van der Waals surface area contributed by atoms with Crippen LogP contribution in [0.15, 0.2) is 18.3 Å². The summed E-state index contributed by atoms with van der Waals surface area (Å²) in [5.74, 6) is 0.912. The van der Waals surface area contributed by atoms with Gasteiger partial charge in [0.2, 0.25) is 0 Å². The molecule has 0 atom stereocenters. The minimum atomic E-state index is 0.417. The molecule has 0 fully saturated rings. The lowest BCUT2D eigenvalue weighted by atomic mass is 10.1. The zero-order valence-electron chi connectivity index (χ0n) is 11.4. The fourth-order valence-electron chi connectivity index (χ4n) is 1.86. The molecule has 1 heterocycles. The second-order valence-electron chi connectivity index (χ2n) is 4.55. The summed E-state index contributed by atoms with van der Waals surface area (Å²) >= 11 is 1.53. The van der Waals surface area contributed by atoms with Crippen LogP contribution in [0, 0.1) is 32.1 Å². The van der Waals surface area contributed by atoms with E-state index in [4.69, 9.17) is 10.00 Å². The third kappa shape index (κ3) is 3.33. The van der Waals surface area contributed by atoms with Crippen molar-refractivity contribution in [3.8, 4) is 11.8 Å². The SMILES string of the molecule is Cc1cc(C)c(C)c(OCc2ncc(CC#N)s2)c1. The van der Waals surface area contributed by atoms with E-state index in [9.17, 15) is 0 Å². The molecule has 2 rings (SSSR count). The predicted molar refractivity (Wildman–Crippen MR) is 76.4 cm³/mol. The van der Waals surface area contributed by atoms with Crippen LogP contribution < -0.4 is 4.74 Å². The minimum Gasteiger partial charge on any atom is -0.486 e. The number of hydrogen-bond donors (Lipinski definition) is 0. The molecular weight excluding hydrogens is 256 g/mol. The first-order valence-corrected chi connectivity index (χ1v) is 6.93. The lowest BCUT2D eigenvalue weighted by Gasteiger charge is -2.11. The number of hydrogen-bond acceptors (Lipinski definition) is 4. The van der Waals surface area contributed by atoms with Gasteiger partial charge in [-0.25, -0.2) is 4.98 Å². The molecule has 0 spiro atoms. The van der Waals surface area contributed by atoms with E-state index in [0.29, 0.717) is 13.0 Å². The van der Waals surface area contributed by atoms with Gasteiger partial charge in [0.15, 0.2) is 0 Å². The Hall–Kier alpha value is -1.86. The summed E-state index contributed by atoms with van der Waals surface area (Å²) in [6.07, 6.45) is 2.17. The Balaban J connectivity index is 2.08. The van der Waals surface area contributed by atoms with Gasteiger partial charge in [-0.1, -0.05) is 6.07 Å². The van der Waals surface area contributed by atoms with E-state index in [1.165, 1.54) is 28.0 Å². The number of rotatable bonds is 4. The van der Waals surface area contributed by atoms with Crippen LogP contribution >= 0.6 is 11.3 Å². The molecule has 0 saturated heterocycles. The van der Waals surface area contributed by atoms with Crippen molar-refractivity contribution in [2.45, 2.75) is 33.8 Å². The molecule has 0 aliphatic rings. The van der Waals surface area contributed by atoms with Gasteiger partial charge >= 0.3 is 0 Å². The fraction of sp³-hybridized carbons (Fsp3) is 0.333. The largest absolute Gasteiger partial charge is 0.486 e. The summed E-state index contributed by atoms with van der Waals surface area (Å²) in [5.41, 5.74) is 3.60. The molecule has 0 radical (unpaired) electrons. The van der Waals surface area contributed by atoms with Gasteiger partial charge in [0.25, 0.3) is 0 Å². The average Bonchev–Trinajstić information content (AvgIpc) is 2.80. The number of benzene rings is 1. The Labute approximate surface area is 117 Å². The van der Waals surface area contributed by atoms with Crippen molar-refractivity contribution in [1.29, 1.82) is 5.26 Å². The van der Waals surface area contributed by atoms with Gasteiger partial charge in [-0.05, 0) is 43.5 Å². The molecule has 1 aromatic heterocycles. The molecule has 1 aromatic carbocycles. The van der Waals surface area contributed by atoms with Gasteiger partial charge in [-0.2, -0.15) is 5.26 Å². The van der Waals surface area contributed by atoms with Gasteiger partial charge in [0, 0.05) is 11.1 Å². The highest BCUT2D eigenvalue weighted by Gasteiger charge is 2.06. The maximum absolute atomic E-state index is 8.63. The van der Waals surface area contributed by atoms with Gasteiger partial charge in [-0.15, -0.1) is 11.3 Å². The highest BCUT2D eigenvalue weighted by molar-refractivity contribution is 7.11. The van der Waals surface area contributed by atoms with Crippen LogP contribution in [0.3, 0.4) is 0 Å². The zero-order chi connectivity index (χ0) is 13.8. The standard InChI is InChI=1S/C15H16N2OS/c1-10-6-11(2)12(3)14(7-10)18-9-15-17-8-13(19-15)4-5-16/h6-8H,4,9H2,1-3H3. The summed E-state index contributed by atoms with van der Waals surface area (Å²) in [6, 6.07) is 6.32. The number of nitrogens with zero attached hydrogens (tertiary/aromatic N) is 2. The Kier molecular flexibility index (Phi) is 4.18. The number of aryl methyl sites for hydroxylation is 2. The minimum absolute atomic E-state index is 0.417. The summed E-state index contributed by atoms with van der Waals surface area (Å²) < 4.78 is 5.84. The summed E-state index contributed by atoms with van der Waals surface area (Å²) in [6.45, 7) is 6.67. The van der Waals surface area contributed by atoms with E-state index >= 15 is 0 Å². The lowest BCUT2D eigenvalue weighted by molar-refractivity contribution is 0.303. The zero-order valence-corrected chi connectivity index (χ0v) is 12.2. The van der Waals surface area contributed by atoms with Crippen molar-refractivity contribution in [2.75, 3.05) is 0 Å². The van der Waals surface area contributed by atoms with Gasteiger partial charge in [0.05, 0.1) is 12.5 Å². The molecule has 0 aliphatic carbocycles. The number of ether oxygens (including phenoxy) is 1. The molecule has 0 saturated carbocycles. The van der Waals surface area contributed by atoms with Crippen molar-refractivity contribution >= 4 is 11.3 Å². The van der Waals surface area contributed by atoms with Gasteiger partial charge < -0.3 is 4.74 Å². The Morgan fingerprint density at radius 1 is 1.32 bits per heavy atom. The molecule has 0 bridgehead atoms. The van der Waals surface area contributed by atoms with Crippen molar-refractivity contribution < 1.29 is 4.74 Å². The predicted octanol–water partition coefficient (Wildman–Crippen LogP) is 3.71. The van der Waals surface area contributed by atoms with Gasteiger partial charge in [0.1, 0.15) is 17.4 Å². The molecule has 0 N–H and O–H groups in total. The van der Waals surface area contributed by atoms with E-state index in [2.05, 4.69) is 37.9 Å². The maximum Gasteiger partial charge on any atom is 0.140 e. The lowest BCUT2D eigenvalue weighted by Crippen LogP contribution is -1.98. The Bertz CT molecular complexity index is 626. The third-order valence-corrected chi connectivity index (χ3v) is 3.94. The Morgan fingerprint density at radius 3 is 2.84 bits per heavy atom. The van der Waals surface area contributed by atoms with Crippen LogP contribution in [0.1, 0.15) is 26.6 Å². The first-order chi connectivity index (χ1) is 9.10. The van der Waals surface area contributed by atoms with Crippen molar-refractivity contribution in [3.63, 3.8) is 0 Å². The second-order valence-corrected chi connectivity index (χ2v) is 5.75. The Morgan fingerprint density at radius 2 is 2.11 bits per heavy atom. The van der Waals surface area contributed by atoms with Crippen LogP contribution in [-0.4, -0.2) is 4.98 Å². The average molecular weight is 272 g/mol. The molecule has 4 heteroatoms. The van der Waals surface area contributed by atoms with Crippen molar-refractivity contribution in [2.24, 2.45) is 0 Å². The molecule has 98 valence electrons. The molecule has 0 unspecified atom stereocenters. The number of nitriles is 1. The number of aromatic nitrogens is 1. The summed E-state index contributed by atoms with van der Waals surface area (Å²) in [7, 11) is 0. The summed E-state index contributed by atoms with van der Waals surface area (Å²) in [5, 5.41) is 9.54. The molecular formula is C15H16N2OS. The fourth-order valence-corrected chi connectivity index (χ4v) is 2.63. The van der Waals surface area contributed by atoms with E-state index in [-0.39, 0.29) is 0 Å². The van der Waals surface area contributed by atoms with Crippen molar-refractivity contribution in [1.82, 2.24) is 4.98 Å². The smallest absolute Gasteiger partial charge is 0.140 e. The number of thiazole rings is 1. The third-order valence-electron chi connectivity index (χ3n) is 2.97. The van der Waals surface area contributed by atoms with Crippen LogP contribution in [0.2, 0.25) is 0 Å². The van der Waals surface area contributed by atoms with E-state index in [0.717, 1.165) is 15.6 Å². The molecule has 0 amide bonds. The first kappa shape index (κ1) is 13.6. The van der Waals surface area contributed by atoms with E-state index < -0.39 is 0 Å². The highest BCUT2D eigenvalue weighted by atomic mass is 32.1.